The highest BCUT2D eigenvalue weighted by molar-refractivity contribution is 5.55. The second-order valence-electron chi connectivity index (χ2n) is 4.66. The Morgan fingerprint density at radius 2 is 1.88 bits per heavy atom. The van der Waals surface area contributed by atoms with Gasteiger partial charge < -0.3 is 11.1 Å². The highest BCUT2D eigenvalue weighted by Gasteiger charge is 2.06. The number of nitrogens with zero attached hydrogens (tertiary/aromatic N) is 2. The van der Waals surface area contributed by atoms with Gasteiger partial charge in [-0.05, 0) is 19.3 Å². The van der Waals surface area contributed by atoms with E-state index in [-0.39, 0.29) is 0 Å². The summed E-state index contributed by atoms with van der Waals surface area (Å²) < 4.78 is 0. The SMILES string of the molecule is CC(C)CCCC(C)Nc1nccnc1N. The third kappa shape index (κ3) is 4.47. The van der Waals surface area contributed by atoms with E-state index in [4.69, 9.17) is 5.73 Å². The lowest BCUT2D eigenvalue weighted by Gasteiger charge is -2.15. The number of aromatic nitrogens is 2. The topological polar surface area (TPSA) is 63.8 Å². The third-order valence-corrected chi connectivity index (χ3v) is 2.53. The molecule has 0 saturated heterocycles. The Hall–Kier alpha value is -1.32. The number of nitrogen functional groups attached to an aromatic ring is 1. The Morgan fingerprint density at radius 3 is 2.50 bits per heavy atom. The number of hydrogen-bond acceptors (Lipinski definition) is 4. The molecule has 0 aromatic carbocycles. The summed E-state index contributed by atoms with van der Waals surface area (Å²) >= 11 is 0. The van der Waals surface area contributed by atoms with Gasteiger partial charge in [-0.2, -0.15) is 0 Å². The van der Waals surface area contributed by atoms with Gasteiger partial charge in [0.2, 0.25) is 0 Å². The predicted molar refractivity (Wildman–Crippen MR) is 68.2 cm³/mol. The maximum absolute atomic E-state index is 5.71. The fourth-order valence-electron chi connectivity index (χ4n) is 1.60. The number of nitrogens with one attached hydrogen (secondary N) is 1. The molecule has 1 heterocycles. The molecule has 0 aliphatic carbocycles. The molecular formula is C12H22N4. The van der Waals surface area contributed by atoms with E-state index in [1.807, 2.05) is 0 Å². The van der Waals surface area contributed by atoms with Crippen LogP contribution in [0.4, 0.5) is 11.6 Å². The highest BCUT2D eigenvalue weighted by atomic mass is 15.1. The molecule has 4 heteroatoms. The molecule has 0 amide bonds. The normalized spacial score (nSPS) is 12.8. The van der Waals surface area contributed by atoms with Crippen molar-refractivity contribution in [3.8, 4) is 0 Å². The molecule has 3 N–H and O–H groups in total. The van der Waals surface area contributed by atoms with Gasteiger partial charge in [-0.3, -0.25) is 0 Å². The highest BCUT2D eigenvalue weighted by Crippen LogP contribution is 2.14. The van der Waals surface area contributed by atoms with Crippen LogP contribution in [0.15, 0.2) is 12.4 Å². The van der Waals surface area contributed by atoms with Gasteiger partial charge in [-0.15, -0.1) is 0 Å². The molecule has 0 radical (unpaired) electrons. The summed E-state index contributed by atoms with van der Waals surface area (Å²) in [5.41, 5.74) is 5.71. The van der Waals surface area contributed by atoms with E-state index in [1.165, 1.54) is 12.8 Å². The molecule has 16 heavy (non-hydrogen) atoms. The van der Waals surface area contributed by atoms with Crippen LogP contribution in [-0.4, -0.2) is 16.0 Å². The van der Waals surface area contributed by atoms with Gasteiger partial charge in [0.15, 0.2) is 11.6 Å². The van der Waals surface area contributed by atoms with E-state index < -0.39 is 0 Å². The van der Waals surface area contributed by atoms with Gasteiger partial charge in [0, 0.05) is 18.4 Å². The van der Waals surface area contributed by atoms with E-state index in [1.54, 1.807) is 12.4 Å². The second-order valence-corrected chi connectivity index (χ2v) is 4.66. The van der Waals surface area contributed by atoms with E-state index in [9.17, 15) is 0 Å². The smallest absolute Gasteiger partial charge is 0.169 e. The first kappa shape index (κ1) is 12.7. The minimum atomic E-state index is 0.387. The summed E-state index contributed by atoms with van der Waals surface area (Å²) in [7, 11) is 0. The van der Waals surface area contributed by atoms with Gasteiger partial charge in [0.05, 0.1) is 0 Å². The van der Waals surface area contributed by atoms with Crippen LogP contribution in [0.3, 0.4) is 0 Å². The van der Waals surface area contributed by atoms with Crippen molar-refractivity contribution in [3.63, 3.8) is 0 Å². The van der Waals surface area contributed by atoms with Gasteiger partial charge in [0.1, 0.15) is 0 Å². The lowest BCUT2D eigenvalue weighted by atomic mass is 10.0. The van der Waals surface area contributed by atoms with Crippen LogP contribution in [0.2, 0.25) is 0 Å². The molecule has 1 rings (SSSR count). The first-order valence-electron chi connectivity index (χ1n) is 5.92. The Bertz CT molecular complexity index is 312. The van der Waals surface area contributed by atoms with E-state index in [0.29, 0.717) is 17.7 Å². The van der Waals surface area contributed by atoms with Crippen molar-refractivity contribution in [1.29, 1.82) is 0 Å². The van der Waals surface area contributed by atoms with Crippen molar-refractivity contribution >= 4 is 11.6 Å². The zero-order valence-electron chi connectivity index (χ0n) is 10.4. The summed E-state index contributed by atoms with van der Waals surface area (Å²) in [6.45, 7) is 6.64. The van der Waals surface area contributed by atoms with Crippen LogP contribution in [0.1, 0.15) is 40.0 Å². The molecule has 90 valence electrons. The van der Waals surface area contributed by atoms with Crippen molar-refractivity contribution in [3.05, 3.63) is 12.4 Å². The van der Waals surface area contributed by atoms with Gasteiger partial charge in [-0.25, -0.2) is 9.97 Å². The van der Waals surface area contributed by atoms with Crippen LogP contribution in [0.5, 0.6) is 0 Å². The zero-order chi connectivity index (χ0) is 12.0. The van der Waals surface area contributed by atoms with E-state index in [2.05, 4.69) is 36.1 Å². The lowest BCUT2D eigenvalue weighted by Crippen LogP contribution is -2.17. The zero-order valence-corrected chi connectivity index (χ0v) is 10.4. The maximum Gasteiger partial charge on any atom is 0.169 e. The average Bonchev–Trinajstić information content (AvgIpc) is 2.21. The largest absolute Gasteiger partial charge is 0.381 e. The molecule has 1 aromatic rings. The molecule has 1 atom stereocenters. The summed E-state index contributed by atoms with van der Waals surface area (Å²) in [6, 6.07) is 0.387. The minimum absolute atomic E-state index is 0.387. The average molecular weight is 222 g/mol. The molecule has 0 spiro atoms. The molecule has 0 fully saturated rings. The number of rotatable bonds is 6. The molecule has 0 saturated carbocycles. The van der Waals surface area contributed by atoms with E-state index >= 15 is 0 Å². The van der Waals surface area contributed by atoms with Crippen LogP contribution in [0, 0.1) is 5.92 Å². The van der Waals surface area contributed by atoms with Crippen molar-refractivity contribution < 1.29 is 0 Å². The fourth-order valence-corrected chi connectivity index (χ4v) is 1.60. The summed E-state index contributed by atoms with van der Waals surface area (Å²) in [6.07, 6.45) is 6.88. The summed E-state index contributed by atoms with van der Waals surface area (Å²) in [5.74, 6) is 1.94. The van der Waals surface area contributed by atoms with Crippen molar-refractivity contribution in [2.24, 2.45) is 5.92 Å². The fraction of sp³-hybridized carbons (Fsp3) is 0.667. The third-order valence-electron chi connectivity index (χ3n) is 2.53. The first-order valence-corrected chi connectivity index (χ1v) is 5.92. The maximum atomic E-state index is 5.71. The molecular weight excluding hydrogens is 200 g/mol. The van der Waals surface area contributed by atoms with Crippen LogP contribution < -0.4 is 11.1 Å². The Kier molecular flexibility index (Phi) is 5.02. The monoisotopic (exact) mass is 222 g/mol. The number of anilines is 2. The van der Waals surface area contributed by atoms with Crippen LogP contribution >= 0.6 is 0 Å². The van der Waals surface area contributed by atoms with Gasteiger partial charge in [-0.1, -0.05) is 26.7 Å². The molecule has 4 nitrogen and oxygen atoms in total. The lowest BCUT2D eigenvalue weighted by molar-refractivity contribution is 0.520. The second kappa shape index (κ2) is 6.30. The number of nitrogens with two attached hydrogens (primary N) is 1. The molecule has 1 aromatic heterocycles. The van der Waals surface area contributed by atoms with Crippen molar-refractivity contribution in [2.45, 2.75) is 46.1 Å². The molecule has 0 bridgehead atoms. The standard InChI is InChI=1S/C12H22N4/c1-9(2)5-4-6-10(3)16-12-11(13)14-7-8-15-12/h7-10H,4-6H2,1-3H3,(H2,13,14)(H,15,16). The van der Waals surface area contributed by atoms with E-state index in [0.717, 1.165) is 12.3 Å². The van der Waals surface area contributed by atoms with Crippen molar-refractivity contribution in [2.75, 3.05) is 11.1 Å². The Morgan fingerprint density at radius 1 is 1.19 bits per heavy atom. The van der Waals surface area contributed by atoms with Gasteiger partial charge >= 0.3 is 0 Å². The number of hydrogen-bond donors (Lipinski definition) is 2. The summed E-state index contributed by atoms with van der Waals surface area (Å²) in [4.78, 5) is 8.16. The predicted octanol–water partition coefficient (Wildman–Crippen LogP) is 2.69. The van der Waals surface area contributed by atoms with Crippen LogP contribution in [-0.2, 0) is 0 Å². The summed E-state index contributed by atoms with van der Waals surface area (Å²) in [5, 5.41) is 3.29. The Balaban J connectivity index is 2.34. The van der Waals surface area contributed by atoms with Crippen molar-refractivity contribution in [1.82, 2.24) is 9.97 Å². The van der Waals surface area contributed by atoms with Crippen LogP contribution in [0.25, 0.3) is 0 Å². The molecule has 1 unspecified atom stereocenters. The molecule has 0 aliphatic heterocycles. The van der Waals surface area contributed by atoms with Gasteiger partial charge in [0.25, 0.3) is 0 Å². The minimum Gasteiger partial charge on any atom is -0.381 e. The Labute approximate surface area is 97.7 Å². The quantitative estimate of drug-likeness (QED) is 0.776. The molecule has 0 aliphatic rings. The first-order chi connectivity index (χ1) is 7.59.